The van der Waals surface area contributed by atoms with Gasteiger partial charge < -0.3 is 98.3 Å². The molecule has 4 aromatic heterocycles. The number of phenolic OH excluding ortho intramolecular Hbond substituents is 3. The van der Waals surface area contributed by atoms with Gasteiger partial charge in [0.2, 0.25) is 23.6 Å². The van der Waals surface area contributed by atoms with Crippen LogP contribution in [-0.2, 0) is 71.0 Å². The maximum absolute atomic E-state index is 12.2. The van der Waals surface area contributed by atoms with Crippen molar-refractivity contribution in [2.24, 2.45) is 5.92 Å². The normalized spacial score (nSPS) is 18.1. The van der Waals surface area contributed by atoms with Gasteiger partial charge in [0.15, 0.2) is 0 Å². The van der Waals surface area contributed by atoms with Crippen LogP contribution < -0.4 is 48.5 Å². The molecule has 33 heteroatoms. The van der Waals surface area contributed by atoms with E-state index in [1.807, 2.05) is 123 Å². The first-order valence-corrected chi connectivity index (χ1v) is 52.5. The largest absolute Gasteiger partial charge is 0.508 e. The second kappa shape index (κ2) is 48.4. The first-order valence-electron chi connectivity index (χ1n) is 52.5. The minimum absolute atomic E-state index is 0.0130. The van der Waals surface area contributed by atoms with Crippen LogP contribution >= 0.6 is 0 Å². The minimum atomic E-state index is -0.0317. The molecule has 21 rings (SSSR count). The maximum Gasteiger partial charge on any atom is 0.318 e. The molecule has 0 spiro atoms. The zero-order chi connectivity index (χ0) is 102. The summed E-state index contributed by atoms with van der Waals surface area (Å²) in [7, 11) is 2.16. The molecule has 772 valence electrons. The molecule has 6 saturated heterocycles. The third-order valence-corrected chi connectivity index (χ3v) is 30.1. The number of carbonyl (C=O) groups excluding carboxylic acids is 4. The summed E-state index contributed by atoms with van der Waals surface area (Å²) in [6.45, 7) is 42.1. The number of nitrogens with zero attached hydrogens (tertiary/aromatic N) is 22. The topological polar surface area (TPSA) is 325 Å². The molecule has 14 heterocycles. The van der Waals surface area contributed by atoms with Crippen molar-refractivity contribution in [1.82, 2.24) is 74.2 Å². The van der Waals surface area contributed by atoms with E-state index in [9.17, 15) is 39.6 Å². The number of aliphatic hydroxyl groups excluding tert-OH is 1. The fraction of sp³-hybridized carbons (Fsp3) is 0.439. The molecule has 0 bridgehead atoms. The van der Waals surface area contributed by atoms with Gasteiger partial charge in [-0.1, -0.05) is 149 Å². The van der Waals surface area contributed by atoms with Crippen LogP contribution in [-0.4, -0.2) is 315 Å². The quantitative estimate of drug-likeness (QED) is 0.0289. The third kappa shape index (κ3) is 24.7. The molecule has 0 aliphatic carbocycles. The fourth-order valence-corrected chi connectivity index (χ4v) is 22.3. The smallest absolute Gasteiger partial charge is 0.318 e. The number of amides is 4. The Morgan fingerprint density at radius 3 is 1.25 bits per heavy atom. The van der Waals surface area contributed by atoms with Crippen molar-refractivity contribution in [3.05, 3.63) is 247 Å². The van der Waals surface area contributed by atoms with Gasteiger partial charge in [-0.2, -0.15) is 29.9 Å². The van der Waals surface area contributed by atoms with E-state index in [0.29, 0.717) is 155 Å². The Bertz CT molecular complexity index is 6500. The van der Waals surface area contributed by atoms with E-state index in [4.69, 9.17) is 44.1 Å². The number of piperazine rings is 4. The Labute approximate surface area is 861 Å². The lowest BCUT2D eigenvalue weighted by atomic mass is 9.99. The summed E-state index contributed by atoms with van der Waals surface area (Å²) in [5, 5.41) is 47.7. The highest BCUT2D eigenvalue weighted by molar-refractivity contribution is 5.98. The van der Waals surface area contributed by atoms with Crippen molar-refractivity contribution < 1.29 is 53.8 Å². The van der Waals surface area contributed by atoms with Crippen LogP contribution in [0.5, 0.6) is 35.3 Å². The number of aromatic hydroxyl groups is 3. The van der Waals surface area contributed by atoms with Crippen LogP contribution in [0.25, 0.3) is 32.3 Å². The number of aromatic nitrogens is 8. The van der Waals surface area contributed by atoms with Crippen LogP contribution in [0.15, 0.2) is 196 Å². The van der Waals surface area contributed by atoms with E-state index in [2.05, 4.69) is 137 Å². The Balaban J connectivity index is 0.000000129. The number of phenols is 3. The van der Waals surface area contributed by atoms with Crippen molar-refractivity contribution in [2.45, 2.75) is 129 Å². The Hall–Kier alpha value is -14.3. The first-order chi connectivity index (χ1) is 71.7. The number of fused-ring (bicyclic) bond motifs is 7. The predicted molar refractivity (Wildman–Crippen MR) is 577 cm³/mol. The van der Waals surface area contributed by atoms with Crippen molar-refractivity contribution in [2.75, 3.05) is 225 Å². The highest BCUT2D eigenvalue weighted by atomic mass is 16.5. The van der Waals surface area contributed by atoms with E-state index in [1.54, 1.807) is 12.4 Å². The molecule has 2 unspecified atom stereocenters. The van der Waals surface area contributed by atoms with E-state index in [1.165, 1.54) is 68.6 Å². The van der Waals surface area contributed by atoms with Crippen molar-refractivity contribution >= 4 is 96.3 Å². The number of benzene rings is 7. The van der Waals surface area contributed by atoms with E-state index in [-0.39, 0.29) is 59.6 Å². The minimum Gasteiger partial charge on any atom is -0.508 e. The van der Waals surface area contributed by atoms with Crippen LogP contribution in [0.2, 0.25) is 0 Å². The Morgan fingerprint density at radius 2 is 0.823 bits per heavy atom. The Morgan fingerprint density at radius 1 is 0.422 bits per heavy atom. The van der Waals surface area contributed by atoms with Crippen molar-refractivity contribution in [1.29, 1.82) is 0 Å². The van der Waals surface area contributed by atoms with Gasteiger partial charge in [-0.3, -0.25) is 24.1 Å². The molecule has 4 N–H and O–H groups in total. The summed E-state index contributed by atoms with van der Waals surface area (Å²) in [4.78, 5) is 117. The molecule has 147 heavy (non-hydrogen) atoms. The van der Waals surface area contributed by atoms with Gasteiger partial charge in [-0.05, 0) is 162 Å². The molecule has 3 atom stereocenters. The predicted octanol–water partition coefficient (Wildman–Crippen LogP) is 13.1. The molecule has 7 aromatic carbocycles. The maximum atomic E-state index is 12.2. The number of aliphatic hydroxyl groups is 1. The molecule has 0 radical (unpaired) electrons. The SMILES string of the molecule is C=CC(=O)N1CCN(c2nc(OCC3CCCN(C)C3)nc3c2CCN(c2cc(O)cc4ccccc24)C3)CC1.C=CC(=O)N1CCN(c2nc(OCCCN3CCCCC3)nc3c2CCN(c2cc(O)cc4ccccc24)C3)CC1.C=CC(=O)N1CCN(c2nc(O[C@H](C)CCC)nc3c2CCN(c2cc(O)cc4ccccc24)C3)CC1.C=CC(=O)N1CCN(c2ncnc3c2CCN(C(CO)c2ccccc2)C3)CC1. The monoisotopic (exact) mass is 1990 g/mol. The van der Waals surface area contributed by atoms with E-state index >= 15 is 0 Å². The standard InChI is InChI=1S/C32H40N6O3.C31H38N6O3.C29H35N5O3.C22H27N5O2/c1-2-30(40)36-16-18-37(19-17-36)31-27-11-15-38(29-22-25(39)21-24-9-4-5-10-26(24)29)23-28(27)33-32(34-31)41-20-8-14-35-12-6-3-7-13-35;1-3-29(39)35-13-15-36(16-14-35)30-26-10-12-37(28-18-24(38)17-23-8-4-5-9-25(23)28)20-27(26)32-31(33-30)40-21-22-7-6-11-34(2)19-22;1-4-8-20(3)37-29-30-25-19-34(26-18-22(35)17-21-9-6-7-10-23(21)26)12-11-24(25)28(31-29)33-15-13-32(14-16-33)27(36)5-2;1-2-21(29)25-10-12-26(13-11-25)22-18-8-9-27(14-19(18)23-16-24-22)20(15-28)17-6-4-3-5-7-17/h2,4-5,9-10,21-22,39H,1,3,6-8,11-20,23H2;3-5,8-9,17-18,22,38H,1,6-7,10-16,19-21H2,2H3;5-7,9-10,17-18,20,35H,2,4,8,11-16,19H2,1,3H3;2-7,16,20,28H,1,8-15H2/t;;20-;/m..1./s1. The van der Waals surface area contributed by atoms with Crippen LogP contribution in [0.3, 0.4) is 0 Å². The molecular weight excluding hydrogens is 1850 g/mol. The number of piperidine rings is 2. The molecular formula is C114H140N22O11. The summed E-state index contributed by atoms with van der Waals surface area (Å²) >= 11 is 0. The lowest BCUT2D eigenvalue weighted by Crippen LogP contribution is -2.49. The van der Waals surface area contributed by atoms with Gasteiger partial charge in [0.25, 0.3) is 0 Å². The van der Waals surface area contributed by atoms with Crippen LogP contribution in [0, 0.1) is 5.92 Å². The number of likely N-dealkylation sites (tertiary alicyclic amines) is 2. The molecule has 33 nitrogen and oxygen atoms in total. The van der Waals surface area contributed by atoms with Gasteiger partial charge >= 0.3 is 18.0 Å². The zero-order valence-corrected chi connectivity index (χ0v) is 85.3. The number of ether oxygens (including phenoxy) is 3. The lowest BCUT2D eigenvalue weighted by Gasteiger charge is -2.38. The van der Waals surface area contributed by atoms with Crippen LogP contribution in [0.4, 0.5) is 40.3 Å². The summed E-state index contributed by atoms with van der Waals surface area (Å²) in [6, 6.07) is 46.8. The fourth-order valence-electron chi connectivity index (χ4n) is 22.3. The summed E-state index contributed by atoms with van der Waals surface area (Å²) in [5.74, 6) is 4.89. The van der Waals surface area contributed by atoms with Gasteiger partial charge in [-0.25, -0.2) is 9.97 Å². The highest BCUT2D eigenvalue weighted by Gasteiger charge is 2.37. The average molecular weight is 1990 g/mol. The number of carbonyl (C=O) groups is 4. The summed E-state index contributed by atoms with van der Waals surface area (Å²) in [5.41, 5.74) is 12.7. The van der Waals surface area contributed by atoms with Gasteiger partial charge in [0.05, 0.1) is 74.4 Å². The van der Waals surface area contributed by atoms with E-state index in [0.717, 1.165) is 228 Å². The zero-order valence-electron chi connectivity index (χ0n) is 85.3. The number of hydrogen-bond donors (Lipinski definition) is 4. The molecule has 10 aliphatic rings. The highest BCUT2D eigenvalue weighted by Crippen LogP contribution is 2.43. The summed E-state index contributed by atoms with van der Waals surface area (Å²) in [6.07, 6.45) is 19.5. The van der Waals surface area contributed by atoms with Gasteiger partial charge in [0.1, 0.15) is 46.8 Å². The van der Waals surface area contributed by atoms with Gasteiger partial charge in [-0.15, -0.1) is 0 Å². The third-order valence-electron chi connectivity index (χ3n) is 30.1. The molecule has 4 amide bonds. The molecule has 0 saturated carbocycles. The van der Waals surface area contributed by atoms with Crippen molar-refractivity contribution in [3.8, 4) is 35.3 Å². The van der Waals surface area contributed by atoms with Gasteiger partial charge in [0, 0.05) is 230 Å². The molecule has 10 aliphatic heterocycles. The van der Waals surface area contributed by atoms with Crippen LogP contribution in [0.1, 0.15) is 122 Å². The molecule has 11 aromatic rings. The lowest BCUT2D eigenvalue weighted by molar-refractivity contribution is -0.127. The summed E-state index contributed by atoms with van der Waals surface area (Å²) < 4.78 is 18.7. The number of rotatable bonds is 26. The Kier molecular flexibility index (Phi) is 33.8. The second-order valence-electron chi connectivity index (χ2n) is 39.8. The average Bonchev–Trinajstić information content (AvgIpc) is 0.776. The van der Waals surface area contributed by atoms with E-state index < -0.39 is 0 Å². The first kappa shape index (κ1) is 103. The van der Waals surface area contributed by atoms with Crippen molar-refractivity contribution in [3.63, 3.8) is 0 Å². The number of hydrogen-bond acceptors (Lipinski definition) is 29. The second-order valence-corrected chi connectivity index (χ2v) is 39.8. The number of anilines is 7. The molecule has 6 fully saturated rings.